The Morgan fingerprint density at radius 1 is 1.21 bits per heavy atom. The van der Waals surface area contributed by atoms with Crippen molar-refractivity contribution in [1.82, 2.24) is 4.72 Å². The van der Waals surface area contributed by atoms with Crippen molar-refractivity contribution in [2.24, 2.45) is 5.41 Å². The summed E-state index contributed by atoms with van der Waals surface area (Å²) in [4.78, 5) is 0. The maximum absolute atomic E-state index is 11.9. The van der Waals surface area contributed by atoms with Crippen molar-refractivity contribution in [3.63, 3.8) is 0 Å². The van der Waals surface area contributed by atoms with Gasteiger partial charge in [-0.05, 0) is 23.8 Å². The Morgan fingerprint density at radius 3 is 2.42 bits per heavy atom. The summed E-state index contributed by atoms with van der Waals surface area (Å²) in [7, 11) is -3.20. The van der Waals surface area contributed by atoms with E-state index in [9.17, 15) is 8.42 Å². The first kappa shape index (κ1) is 16.7. The Hall–Kier alpha value is -0.390. The molecule has 0 bridgehead atoms. The molecular formula is C14H22BrNO2S. The molecule has 0 unspecified atom stereocenters. The Bertz CT molecular complexity index is 471. The molecule has 0 aliphatic heterocycles. The smallest absolute Gasteiger partial charge is 0.211 e. The zero-order valence-electron chi connectivity index (χ0n) is 11.5. The second kappa shape index (κ2) is 7.41. The van der Waals surface area contributed by atoms with Crippen LogP contribution in [0.25, 0.3) is 0 Å². The SMILES string of the molecule is CC(C)(CCBr)CNS(=O)(=O)CCc1ccccc1. The lowest BCUT2D eigenvalue weighted by Crippen LogP contribution is -2.36. The van der Waals surface area contributed by atoms with Crippen LogP contribution in [0.3, 0.4) is 0 Å². The fourth-order valence-corrected chi connectivity index (χ4v) is 3.95. The molecule has 0 saturated carbocycles. The Morgan fingerprint density at radius 2 is 1.84 bits per heavy atom. The maximum Gasteiger partial charge on any atom is 0.211 e. The second-order valence-electron chi connectivity index (χ2n) is 5.48. The van der Waals surface area contributed by atoms with E-state index in [0.29, 0.717) is 13.0 Å². The number of aryl methyl sites for hydroxylation is 1. The Kier molecular flexibility index (Phi) is 6.50. The highest BCUT2D eigenvalue weighted by Crippen LogP contribution is 2.20. The predicted molar refractivity (Wildman–Crippen MR) is 84.1 cm³/mol. The molecule has 108 valence electrons. The normalized spacial score (nSPS) is 12.6. The highest BCUT2D eigenvalue weighted by molar-refractivity contribution is 9.09. The fourth-order valence-electron chi connectivity index (χ4n) is 1.62. The van der Waals surface area contributed by atoms with Gasteiger partial charge in [-0.25, -0.2) is 13.1 Å². The molecular weight excluding hydrogens is 326 g/mol. The highest BCUT2D eigenvalue weighted by Gasteiger charge is 2.20. The van der Waals surface area contributed by atoms with E-state index in [1.807, 2.05) is 30.3 Å². The zero-order valence-corrected chi connectivity index (χ0v) is 13.9. The summed E-state index contributed by atoms with van der Waals surface area (Å²) in [5, 5.41) is 0.881. The van der Waals surface area contributed by atoms with Gasteiger partial charge in [0, 0.05) is 11.9 Å². The summed E-state index contributed by atoms with van der Waals surface area (Å²) in [5.41, 5.74) is 1.02. The Labute approximate surface area is 125 Å². The van der Waals surface area contributed by atoms with Crippen LogP contribution in [0.2, 0.25) is 0 Å². The molecule has 0 aliphatic rings. The lowest BCUT2D eigenvalue weighted by Gasteiger charge is -2.23. The third-order valence-electron chi connectivity index (χ3n) is 3.04. The molecule has 0 amide bonds. The zero-order chi connectivity index (χ0) is 14.4. The van der Waals surface area contributed by atoms with Crippen molar-refractivity contribution in [2.45, 2.75) is 26.7 Å². The van der Waals surface area contributed by atoms with Gasteiger partial charge in [0.25, 0.3) is 0 Å². The fraction of sp³-hybridized carbons (Fsp3) is 0.571. The van der Waals surface area contributed by atoms with Gasteiger partial charge < -0.3 is 0 Å². The van der Waals surface area contributed by atoms with E-state index >= 15 is 0 Å². The largest absolute Gasteiger partial charge is 0.215 e. The second-order valence-corrected chi connectivity index (χ2v) is 8.20. The quantitative estimate of drug-likeness (QED) is 0.734. The molecule has 19 heavy (non-hydrogen) atoms. The summed E-state index contributed by atoms with van der Waals surface area (Å²) < 4.78 is 26.6. The third kappa shape index (κ3) is 7.09. The lowest BCUT2D eigenvalue weighted by atomic mass is 9.91. The number of hydrogen-bond donors (Lipinski definition) is 1. The van der Waals surface area contributed by atoms with Gasteiger partial charge in [-0.3, -0.25) is 0 Å². The number of sulfonamides is 1. The van der Waals surface area contributed by atoms with Gasteiger partial charge in [0.2, 0.25) is 10.0 Å². The molecule has 0 aromatic heterocycles. The van der Waals surface area contributed by atoms with Gasteiger partial charge in [0.05, 0.1) is 5.75 Å². The van der Waals surface area contributed by atoms with E-state index in [4.69, 9.17) is 0 Å². The van der Waals surface area contributed by atoms with Crippen LogP contribution in [0.4, 0.5) is 0 Å². The van der Waals surface area contributed by atoms with Gasteiger partial charge >= 0.3 is 0 Å². The van der Waals surface area contributed by atoms with Crippen LogP contribution in [-0.4, -0.2) is 26.0 Å². The first-order valence-corrected chi connectivity index (χ1v) is 9.19. The maximum atomic E-state index is 11.9. The van der Waals surface area contributed by atoms with Gasteiger partial charge in [0.1, 0.15) is 0 Å². The van der Waals surface area contributed by atoms with Crippen LogP contribution < -0.4 is 4.72 Å². The van der Waals surface area contributed by atoms with Crippen LogP contribution >= 0.6 is 15.9 Å². The minimum Gasteiger partial charge on any atom is -0.215 e. The van der Waals surface area contributed by atoms with E-state index in [1.54, 1.807) is 0 Å². The molecule has 1 aromatic carbocycles. The van der Waals surface area contributed by atoms with Crippen LogP contribution in [0.15, 0.2) is 30.3 Å². The summed E-state index contributed by atoms with van der Waals surface area (Å²) >= 11 is 3.39. The van der Waals surface area contributed by atoms with Crippen molar-refractivity contribution in [3.05, 3.63) is 35.9 Å². The van der Waals surface area contributed by atoms with E-state index in [2.05, 4.69) is 34.5 Å². The molecule has 0 fully saturated rings. The van der Waals surface area contributed by atoms with Gasteiger partial charge in [-0.15, -0.1) is 0 Å². The lowest BCUT2D eigenvalue weighted by molar-refractivity contribution is 0.354. The van der Waals surface area contributed by atoms with Crippen LogP contribution in [0.1, 0.15) is 25.8 Å². The van der Waals surface area contributed by atoms with Gasteiger partial charge in [-0.2, -0.15) is 0 Å². The van der Waals surface area contributed by atoms with Gasteiger partial charge in [0.15, 0.2) is 0 Å². The molecule has 0 spiro atoms. The molecule has 0 atom stereocenters. The number of hydrogen-bond acceptors (Lipinski definition) is 2. The van der Waals surface area contributed by atoms with E-state index in [0.717, 1.165) is 17.3 Å². The summed E-state index contributed by atoms with van der Waals surface area (Å²) in [6.07, 6.45) is 1.49. The molecule has 1 N–H and O–H groups in total. The molecule has 0 aliphatic carbocycles. The van der Waals surface area contributed by atoms with Crippen molar-refractivity contribution in [3.8, 4) is 0 Å². The molecule has 0 radical (unpaired) electrons. The van der Waals surface area contributed by atoms with E-state index in [-0.39, 0.29) is 11.2 Å². The first-order chi connectivity index (χ1) is 8.85. The number of rotatable bonds is 8. The van der Waals surface area contributed by atoms with Gasteiger partial charge in [-0.1, -0.05) is 60.1 Å². The topological polar surface area (TPSA) is 46.2 Å². The standard InChI is InChI=1S/C14H22BrNO2S/c1-14(2,9-10-15)12-16-19(17,18)11-8-13-6-4-3-5-7-13/h3-7,16H,8-12H2,1-2H3. The van der Waals surface area contributed by atoms with Crippen molar-refractivity contribution in [2.75, 3.05) is 17.6 Å². The summed E-state index contributed by atoms with van der Waals surface area (Å²) in [5.74, 6) is 0.140. The van der Waals surface area contributed by atoms with Crippen molar-refractivity contribution < 1.29 is 8.42 Å². The molecule has 0 saturated heterocycles. The highest BCUT2D eigenvalue weighted by atomic mass is 79.9. The molecule has 1 aromatic rings. The number of alkyl halides is 1. The van der Waals surface area contributed by atoms with Crippen LogP contribution in [0, 0.1) is 5.41 Å². The third-order valence-corrected chi connectivity index (χ3v) is 4.77. The Balaban J connectivity index is 2.44. The average Bonchev–Trinajstić information content (AvgIpc) is 2.36. The predicted octanol–water partition coefficient (Wildman–Crippen LogP) is 2.96. The first-order valence-electron chi connectivity index (χ1n) is 6.42. The van der Waals surface area contributed by atoms with Crippen molar-refractivity contribution in [1.29, 1.82) is 0 Å². The number of halogens is 1. The molecule has 0 heterocycles. The minimum atomic E-state index is -3.20. The van der Waals surface area contributed by atoms with E-state index < -0.39 is 10.0 Å². The van der Waals surface area contributed by atoms with Crippen LogP contribution in [0.5, 0.6) is 0 Å². The summed E-state index contributed by atoms with van der Waals surface area (Å²) in [6, 6.07) is 9.68. The average molecular weight is 348 g/mol. The van der Waals surface area contributed by atoms with Crippen LogP contribution in [-0.2, 0) is 16.4 Å². The number of nitrogens with one attached hydrogen (secondary N) is 1. The molecule has 3 nitrogen and oxygen atoms in total. The number of benzene rings is 1. The monoisotopic (exact) mass is 347 g/mol. The summed E-state index contributed by atoms with van der Waals surface area (Å²) in [6.45, 7) is 4.61. The van der Waals surface area contributed by atoms with Crippen molar-refractivity contribution >= 4 is 26.0 Å². The molecule has 1 rings (SSSR count). The minimum absolute atomic E-state index is 0.0245. The molecule has 5 heteroatoms. The van der Waals surface area contributed by atoms with E-state index in [1.165, 1.54) is 0 Å².